The van der Waals surface area contributed by atoms with Crippen LogP contribution in [-0.4, -0.2) is 16.9 Å². The molecule has 6 nitrogen and oxygen atoms in total. The van der Waals surface area contributed by atoms with E-state index < -0.39 is 11.9 Å². The molecular weight excluding hydrogens is 378 g/mol. The molecule has 0 spiro atoms. The number of amides is 1. The number of rotatable bonds is 7. The van der Waals surface area contributed by atoms with Crippen molar-refractivity contribution in [2.75, 3.05) is 0 Å². The van der Waals surface area contributed by atoms with Crippen LogP contribution in [0.5, 0.6) is 0 Å². The largest absolute Gasteiger partial charge is 0.459 e. The van der Waals surface area contributed by atoms with Crippen molar-refractivity contribution in [1.29, 1.82) is 5.26 Å². The van der Waals surface area contributed by atoms with Crippen LogP contribution in [-0.2, 0) is 20.9 Å². The van der Waals surface area contributed by atoms with Crippen LogP contribution in [0.3, 0.4) is 0 Å². The Kier molecular flexibility index (Phi) is 7.34. The van der Waals surface area contributed by atoms with Gasteiger partial charge in [-0.25, -0.2) is 4.98 Å². The van der Waals surface area contributed by atoms with Gasteiger partial charge < -0.3 is 10.1 Å². The normalized spacial score (nSPS) is 15.3. The Bertz CT molecular complexity index is 957. The van der Waals surface area contributed by atoms with Gasteiger partial charge in [0.15, 0.2) is 0 Å². The number of pyridine rings is 1. The number of ether oxygens (including phenoxy) is 1. The summed E-state index contributed by atoms with van der Waals surface area (Å²) in [6.07, 6.45) is 5.90. The van der Waals surface area contributed by atoms with Crippen LogP contribution in [0.15, 0.2) is 54.1 Å². The minimum atomic E-state index is -0.412. The lowest BCUT2D eigenvalue weighted by Crippen LogP contribution is -2.33. The highest BCUT2D eigenvalue weighted by atomic mass is 16.5. The van der Waals surface area contributed by atoms with Crippen LogP contribution in [0.4, 0.5) is 0 Å². The number of aromatic nitrogens is 1. The van der Waals surface area contributed by atoms with E-state index in [2.05, 4.69) is 10.3 Å². The van der Waals surface area contributed by atoms with Gasteiger partial charge in [0.1, 0.15) is 18.2 Å². The number of carbonyl (C=O) groups excluding carboxylic acids is 2. The van der Waals surface area contributed by atoms with E-state index in [9.17, 15) is 14.9 Å². The van der Waals surface area contributed by atoms with Gasteiger partial charge in [-0.15, -0.1) is 0 Å². The van der Waals surface area contributed by atoms with Crippen LogP contribution >= 0.6 is 0 Å². The van der Waals surface area contributed by atoms with Crippen molar-refractivity contribution in [2.45, 2.75) is 45.3 Å². The van der Waals surface area contributed by atoms with Gasteiger partial charge in [0.25, 0.3) is 5.91 Å². The second kappa shape index (κ2) is 10.4. The molecule has 154 valence electrons. The molecule has 0 radical (unpaired) electrons. The summed E-state index contributed by atoms with van der Waals surface area (Å²) < 4.78 is 4.95. The van der Waals surface area contributed by atoms with E-state index in [1.165, 1.54) is 13.0 Å². The van der Waals surface area contributed by atoms with Crippen LogP contribution in [0.1, 0.15) is 55.6 Å². The summed E-state index contributed by atoms with van der Waals surface area (Å²) in [5.74, 6) is -0.444. The van der Waals surface area contributed by atoms with Gasteiger partial charge in [-0.2, -0.15) is 5.26 Å². The molecule has 3 rings (SSSR count). The average Bonchev–Trinajstić information content (AvgIpc) is 3.29. The third-order valence-corrected chi connectivity index (χ3v) is 5.23. The molecule has 1 aromatic carbocycles. The Hall–Kier alpha value is -3.46. The van der Waals surface area contributed by atoms with Gasteiger partial charge >= 0.3 is 5.97 Å². The summed E-state index contributed by atoms with van der Waals surface area (Å²) in [5.41, 5.74) is 2.05. The van der Waals surface area contributed by atoms with Crippen LogP contribution in [0.2, 0.25) is 0 Å². The highest BCUT2D eigenvalue weighted by Gasteiger charge is 2.28. The van der Waals surface area contributed by atoms with Crippen molar-refractivity contribution < 1.29 is 14.3 Å². The maximum atomic E-state index is 12.9. The first kappa shape index (κ1) is 21.3. The van der Waals surface area contributed by atoms with E-state index in [0.29, 0.717) is 17.3 Å². The predicted molar refractivity (Wildman–Crippen MR) is 113 cm³/mol. The van der Waals surface area contributed by atoms with Crippen LogP contribution in [0, 0.1) is 17.2 Å². The van der Waals surface area contributed by atoms with Gasteiger partial charge in [-0.3, -0.25) is 9.59 Å². The molecule has 1 amide bonds. The first-order valence-corrected chi connectivity index (χ1v) is 10.1. The lowest BCUT2D eigenvalue weighted by Gasteiger charge is -2.25. The molecule has 0 unspecified atom stereocenters. The summed E-state index contributed by atoms with van der Waals surface area (Å²) in [5, 5.41) is 12.7. The topological polar surface area (TPSA) is 92.1 Å². The van der Waals surface area contributed by atoms with Gasteiger partial charge in [-0.1, -0.05) is 49.2 Å². The molecule has 1 aromatic heterocycles. The molecule has 1 heterocycles. The molecule has 30 heavy (non-hydrogen) atoms. The smallest absolute Gasteiger partial charge is 0.303 e. The Morgan fingerprint density at radius 3 is 2.60 bits per heavy atom. The number of esters is 1. The lowest BCUT2D eigenvalue weighted by atomic mass is 9.91. The third-order valence-electron chi connectivity index (χ3n) is 5.23. The molecule has 0 bridgehead atoms. The zero-order chi connectivity index (χ0) is 21.3. The molecule has 0 aliphatic heterocycles. The Labute approximate surface area is 176 Å². The standard InChI is InChI=1S/C24H25N3O3/c1-17(28)30-16-22-13-7-12-21(26-22)14-20(15-25)24(29)27-23(19-10-5-6-11-19)18-8-3-2-4-9-18/h2-4,7-9,12-14,19,23H,5-6,10-11,16H2,1H3,(H,27,29)/t23-/m1/s1. The maximum absolute atomic E-state index is 12.9. The zero-order valence-electron chi connectivity index (χ0n) is 17.0. The Balaban J connectivity index is 1.78. The molecule has 1 aliphatic carbocycles. The van der Waals surface area contributed by atoms with Gasteiger partial charge in [-0.05, 0) is 42.5 Å². The Morgan fingerprint density at radius 2 is 1.93 bits per heavy atom. The molecule has 0 saturated heterocycles. The summed E-state index contributed by atoms with van der Waals surface area (Å²) >= 11 is 0. The summed E-state index contributed by atoms with van der Waals surface area (Å²) in [7, 11) is 0. The minimum absolute atomic E-state index is 0.00827. The van der Waals surface area contributed by atoms with Crippen molar-refractivity contribution in [1.82, 2.24) is 10.3 Å². The number of nitriles is 1. The van der Waals surface area contributed by atoms with E-state index in [4.69, 9.17) is 4.74 Å². The molecule has 2 aromatic rings. The van der Waals surface area contributed by atoms with Gasteiger partial charge in [0.05, 0.1) is 17.4 Å². The molecule has 1 saturated carbocycles. The highest BCUT2D eigenvalue weighted by molar-refractivity contribution is 6.01. The Morgan fingerprint density at radius 1 is 1.20 bits per heavy atom. The lowest BCUT2D eigenvalue weighted by molar-refractivity contribution is -0.142. The first-order valence-electron chi connectivity index (χ1n) is 10.1. The molecular formula is C24H25N3O3. The summed E-state index contributed by atoms with van der Waals surface area (Å²) in [6.45, 7) is 1.37. The van der Waals surface area contributed by atoms with Crippen molar-refractivity contribution in [3.05, 3.63) is 71.1 Å². The SMILES string of the molecule is CC(=O)OCc1cccc(C=C(C#N)C(=O)N[C@H](c2ccccc2)C2CCCC2)n1. The second-order valence-corrected chi connectivity index (χ2v) is 7.41. The molecule has 1 atom stereocenters. The van der Waals surface area contributed by atoms with Crippen LogP contribution in [0.25, 0.3) is 6.08 Å². The number of carbonyl (C=O) groups is 2. The van der Waals surface area contributed by atoms with Crippen molar-refractivity contribution in [3.63, 3.8) is 0 Å². The van der Waals surface area contributed by atoms with Crippen LogP contribution < -0.4 is 5.32 Å². The van der Waals surface area contributed by atoms with E-state index in [1.54, 1.807) is 18.2 Å². The average molecular weight is 403 g/mol. The number of hydrogen-bond donors (Lipinski definition) is 1. The van der Waals surface area contributed by atoms with Crippen molar-refractivity contribution >= 4 is 18.0 Å². The fourth-order valence-electron chi connectivity index (χ4n) is 3.77. The molecule has 1 N–H and O–H groups in total. The predicted octanol–water partition coefficient (Wildman–Crippen LogP) is 4.10. The number of nitrogens with one attached hydrogen (secondary N) is 1. The number of hydrogen-bond acceptors (Lipinski definition) is 5. The fourth-order valence-corrected chi connectivity index (χ4v) is 3.77. The number of benzene rings is 1. The van der Waals surface area contributed by atoms with E-state index >= 15 is 0 Å². The third kappa shape index (κ3) is 5.77. The van der Waals surface area contributed by atoms with Crippen molar-refractivity contribution in [3.8, 4) is 6.07 Å². The fraction of sp³-hybridized carbons (Fsp3) is 0.333. The summed E-state index contributed by atoms with van der Waals surface area (Å²) in [4.78, 5) is 28.3. The van der Waals surface area contributed by atoms with E-state index in [0.717, 1.165) is 31.2 Å². The van der Waals surface area contributed by atoms with Crippen molar-refractivity contribution in [2.24, 2.45) is 5.92 Å². The van der Waals surface area contributed by atoms with E-state index in [-0.39, 0.29) is 18.2 Å². The number of nitrogens with zero attached hydrogens (tertiary/aromatic N) is 2. The summed E-state index contributed by atoms with van der Waals surface area (Å²) in [6, 6.07) is 16.9. The molecule has 1 aliphatic rings. The van der Waals surface area contributed by atoms with Gasteiger partial charge in [0, 0.05) is 6.92 Å². The monoisotopic (exact) mass is 403 g/mol. The minimum Gasteiger partial charge on any atom is -0.459 e. The highest BCUT2D eigenvalue weighted by Crippen LogP contribution is 2.35. The second-order valence-electron chi connectivity index (χ2n) is 7.41. The zero-order valence-corrected chi connectivity index (χ0v) is 17.0. The molecule has 6 heteroatoms. The molecule has 1 fully saturated rings. The van der Waals surface area contributed by atoms with E-state index in [1.807, 2.05) is 36.4 Å². The quantitative estimate of drug-likeness (QED) is 0.427. The first-order chi connectivity index (χ1) is 14.6. The maximum Gasteiger partial charge on any atom is 0.303 e. The van der Waals surface area contributed by atoms with Gasteiger partial charge in [0.2, 0.25) is 0 Å².